The van der Waals surface area contributed by atoms with Crippen LogP contribution in [-0.4, -0.2) is 59.5 Å². The molecule has 2 aliphatic rings. The Kier molecular flexibility index (Phi) is 5.42. The Morgan fingerprint density at radius 3 is 2.68 bits per heavy atom. The molecule has 0 unspecified atom stereocenters. The summed E-state index contributed by atoms with van der Waals surface area (Å²) in [6, 6.07) is 10.0. The number of hydrogen-bond acceptors (Lipinski definition) is 3. The lowest BCUT2D eigenvalue weighted by molar-refractivity contribution is -0.151. The quantitative estimate of drug-likeness (QED) is 0.890. The van der Waals surface area contributed by atoms with Gasteiger partial charge in [-0.15, -0.1) is 0 Å². The van der Waals surface area contributed by atoms with E-state index < -0.39 is 11.4 Å². The van der Waals surface area contributed by atoms with Crippen LogP contribution in [0.4, 0.5) is 0 Å². The van der Waals surface area contributed by atoms with E-state index in [0.29, 0.717) is 32.5 Å². The number of nitrogens with zero attached hydrogens (tertiary/aromatic N) is 2. The predicted octanol–water partition coefficient (Wildman–Crippen LogP) is 2.26. The van der Waals surface area contributed by atoms with Gasteiger partial charge in [0.1, 0.15) is 0 Å². The number of carboxylic acids is 1. The van der Waals surface area contributed by atoms with Crippen LogP contribution in [0.3, 0.4) is 0 Å². The summed E-state index contributed by atoms with van der Waals surface area (Å²) in [5.74, 6) is -0.500. The van der Waals surface area contributed by atoms with Gasteiger partial charge in [-0.2, -0.15) is 0 Å². The molecule has 0 spiro atoms. The monoisotopic (exact) mass is 344 g/mol. The molecule has 2 saturated heterocycles. The van der Waals surface area contributed by atoms with Crippen LogP contribution in [-0.2, 0) is 16.0 Å². The highest BCUT2D eigenvalue weighted by Crippen LogP contribution is 2.42. The highest BCUT2D eigenvalue weighted by Gasteiger charge is 2.53. The van der Waals surface area contributed by atoms with Crippen molar-refractivity contribution < 1.29 is 14.7 Å². The molecule has 136 valence electrons. The summed E-state index contributed by atoms with van der Waals surface area (Å²) >= 11 is 0. The zero-order valence-electron chi connectivity index (χ0n) is 15.0. The first-order valence-corrected chi connectivity index (χ1v) is 9.32. The summed E-state index contributed by atoms with van der Waals surface area (Å²) < 4.78 is 0. The molecule has 0 bridgehead atoms. The van der Waals surface area contributed by atoms with Gasteiger partial charge in [-0.05, 0) is 31.4 Å². The minimum Gasteiger partial charge on any atom is -0.481 e. The molecule has 0 aliphatic carbocycles. The Bertz CT molecular complexity index is 619. The Morgan fingerprint density at radius 2 is 2.00 bits per heavy atom. The van der Waals surface area contributed by atoms with Gasteiger partial charge in [0.25, 0.3) is 0 Å². The number of amides is 1. The molecule has 2 heterocycles. The van der Waals surface area contributed by atoms with Crippen LogP contribution in [0, 0.1) is 11.3 Å². The van der Waals surface area contributed by atoms with Gasteiger partial charge in [0.05, 0.1) is 5.41 Å². The summed E-state index contributed by atoms with van der Waals surface area (Å²) in [6.45, 7) is 5.61. The highest BCUT2D eigenvalue weighted by molar-refractivity contribution is 5.78. The van der Waals surface area contributed by atoms with E-state index in [2.05, 4.69) is 11.8 Å². The van der Waals surface area contributed by atoms with Gasteiger partial charge >= 0.3 is 5.97 Å². The number of rotatable bonds is 5. The van der Waals surface area contributed by atoms with Crippen LogP contribution < -0.4 is 0 Å². The summed E-state index contributed by atoms with van der Waals surface area (Å²) in [4.78, 5) is 28.9. The van der Waals surface area contributed by atoms with E-state index >= 15 is 0 Å². The Balaban J connectivity index is 1.66. The third-order valence-corrected chi connectivity index (χ3v) is 5.95. The molecule has 2 fully saturated rings. The van der Waals surface area contributed by atoms with Crippen LogP contribution in [0.5, 0.6) is 0 Å². The van der Waals surface area contributed by atoms with E-state index in [0.717, 1.165) is 25.9 Å². The third kappa shape index (κ3) is 3.71. The number of aryl methyl sites for hydroxylation is 1. The average molecular weight is 344 g/mol. The van der Waals surface area contributed by atoms with E-state index in [9.17, 15) is 14.7 Å². The van der Waals surface area contributed by atoms with Gasteiger partial charge < -0.3 is 14.9 Å². The van der Waals surface area contributed by atoms with Crippen LogP contribution in [0.1, 0.15) is 31.7 Å². The van der Waals surface area contributed by atoms with Crippen molar-refractivity contribution in [1.29, 1.82) is 0 Å². The summed E-state index contributed by atoms with van der Waals surface area (Å²) in [5, 5.41) is 9.88. The van der Waals surface area contributed by atoms with E-state index in [1.54, 1.807) is 0 Å². The second kappa shape index (κ2) is 7.56. The summed E-state index contributed by atoms with van der Waals surface area (Å²) in [5.41, 5.74) is 0.494. The van der Waals surface area contributed by atoms with E-state index in [-0.39, 0.29) is 11.8 Å². The first-order chi connectivity index (χ1) is 12.0. The average Bonchev–Trinajstić information content (AvgIpc) is 2.88. The molecule has 1 N–H and O–H groups in total. The van der Waals surface area contributed by atoms with Gasteiger partial charge in [0, 0.05) is 38.5 Å². The largest absolute Gasteiger partial charge is 0.481 e. The zero-order valence-corrected chi connectivity index (χ0v) is 15.0. The molecule has 0 saturated carbocycles. The SMILES string of the molecule is CCN1C[C@@H]2CN(C(=O)CCc3ccccc3)CCC[C@]2(C(=O)O)C1. The van der Waals surface area contributed by atoms with Gasteiger partial charge in [-0.1, -0.05) is 37.3 Å². The minimum absolute atomic E-state index is 0.0353. The molecule has 1 aromatic rings. The maximum atomic E-state index is 12.7. The van der Waals surface area contributed by atoms with Crippen molar-refractivity contribution in [2.75, 3.05) is 32.7 Å². The fourth-order valence-corrected chi connectivity index (χ4v) is 4.41. The van der Waals surface area contributed by atoms with Crippen LogP contribution in [0.2, 0.25) is 0 Å². The van der Waals surface area contributed by atoms with Crippen molar-refractivity contribution in [3.8, 4) is 0 Å². The molecule has 0 radical (unpaired) electrons. The van der Waals surface area contributed by atoms with Crippen LogP contribution >= 0.6 is 0 Å². The standard InChI is InChI=1S/C20H28N2O3/c1-2-21-13-17-14-22(12-6-11-20(17,15-21)19(24)25)18(23)10-9-16-7-4-3-5-8-16/h3-5,7-8,17H,2,6,9-15H2,1H3,(H,24,25)/t17-,20+/m1/s1. The number of carbonyl (C=O) groups is 2. The number of hydrogen-bond donors (Lipinski definition) is 1. The lowest BCUT2D eigenvalue weighted by Gasteiger charge is -2.29. The van der Waals surface area contributed by atoms with Crippen molar-refractivity contribution in [3.05, 3.63) is 35.9 Å². The van der Waals surface area contributed by atoms with Crippen molar-refractivity contribution in [2.24, 2.45) is 11.3 Å². The Labute approximate surface area is 149 Å². The van der Waals surface area contributed by atoms with Gasteiger partial charge in [0.2, 0.25) is 5.91 Å². The number of carboxylic acid groups (broad SMARTS) is 1. The number of aliphatic carboxylic acids is 1. The number of likely N-dealkylation sites (tertiary alicyclic amines) is 2. The van der Waals surface area contributed by atoms with E-state index in [4.69, 9.17) is 0 Å². The Morgan fingerprint density at radius 1 is 1.24 bits per heavy atom. The van der Waals surface area contributed by atoms with Crippen LogP contribution in [0.15, 0.2) is 30.3 Å². The lowest BCUT2D eigenvalue weighted by atomic mass is 9.75. The molecule has 3 rings (SSSR count). The molecular formula is C20H28N2O3. The fraction of sp³-hybridized carbons (Fsp3) is 0.600. The molecule has 2 aliphatic heterocycles. The van der Waals surface area contributed by atoms with Gasteiger partial charge in [-0.25, -0.2) is 0 Å². The van der Waals surface area contributed by atoms with E-state index in [1.165, 1.54) is 5.56 Å². The minimum atomic E-state index is -0.688. The molecule has 2 atom stereocenters. The highest BCUT2D eigenvalue weighted by atomic mass is 16.4. The fourth-order valence-electron chi connectivity index (χ4n) is 4.41. The number of carbonyl (C=O) groups excluding carboxylic acids is 1. The molecule has 1 amide bonds. The van der Waals surface area contributed by atoms with E-state index in [1.807, 2.05) is 35.2 Å². The second-order valence-electron chi connectivity index (χ2n) is 7.41. The molecular weight excluding hydrogens is 316 g/mol. The maximum absolute atomic E-state index is 12.7. The predicted molar refractivity (Wildman–Crippen MR) is 96.2 cm³/mol. The number of fused-ring (bicyclic) bond motifs is 1. The summed E-state index contributed by atoms with van der Waals surface area (Å²) in [7, 11) is 0. The zero-order chi connectivity index (χ0) is 17.9. The number of benzene rings is 1. The van der Waals surface area contributed by atoms with Gasteiger partial charge in [0.15, 0.2) is 0 Å². The van der Waals surface area contributed by atoms with Crippen molar-refractivity contribution >= 4 is 11.9 Å². The molecule has 5 heteroatoms. The lowest BCUT2D eigenvalue weighted by Crippen LogP contribution is -2.42. The molecule has 0 aromatic heterocycles. The van der Waals surface area contributed by atoms with Crippen LogP contribution in [0.25, 0.3) is 0 Å². The summed E-state index contributed by atoms with van der Waals surface area (Å²) in [6.07, 6.45) is 2.68. The first kappa shape index (κ1) is 17.9. The van der Waals surface area contributed by atoms with Crippen molar-refractivity contribution in [1.82, 2.24) is 9.80 Å². The normalized spacial score (nSPS) is 26.9. The molecule has 1 aromatic carbocycles. The van der Waals surface area contributed by atoms with Crippen molar-refractivity contribution in [2.45, 2.75) is 32.6 Å². The topological polar surface area (TPSA) is 60.9 Å². The third-order valence-electron chi connectivity index (χ3n) is 5.95. The maximum Gasteiger partial charge on any atom is 0.311 e. The molecule has 5 nitrogen and oxygen atoms in total. The smallest absolute Gasteiger partial charge is 0.311 e. The second-order valence-corrected chi connectivity index (χ2v) is 7.41. The molecule has 25 heavy (non-hydrogen) atoms. The van der Waals surface area contributed by atoms with Crippen molar-refractivity contribution in [3.63, 3.8) is 0 Å². The van der Waals surface area contributed by atoms with Gasteiger partial charge in [-0.3, -0.25) is 9.59 Å². The Hall–Kier alpha value is -1.88. The first-order valence-electron chi connectivity index (χ1n) is 9.32.